The summed E-state index contributed by atoms with van der Waals surface area (Å²) in [7, 11) is 2.08. The summed E-state index contributed by atoms with van der Waals surface area (Å²) in [5.41, 5.74) is 0. The van der Waals surface area contributed by atoms with Crippen LogP contribution in [-0.4, -0.2) is 37.6 Å². The van der Waals surface area contributed by atoms with E-state index in [1.54, 1.807) is 0 Å². The largest absolute Gasteiger partial charge is 0.466 e. The third-order valence-corrected chi connectivity index (χ3v) is 2.28. The average molecular weight is 157 g/mol. The van der Waals surface area contributed by atoms with Gasteiger partial charge in [-0.1, -0.05) is 6.42 Å². The number of rotatable bonds is 3. The Morgan fingerprint density at radius 3 is 3.09 bits per heavy atom. The first-order valence-electron chi connectivity index (χ1n) is 4.10. The lowest BCUT2D eigenvalue weighted by molar-refractivity contribution is -0.130. The molecule has 0 amide bonds. The van der Waals surface area contributed by atoms with Gasteiger partial charge in [-0.3, -0.25) is 4.79 Å². The van der Waals surface area contributed by atoms with E-state index in [1.165, 1.54) is 12.8 Å². The summed E-state index contributed by atoms with van der Waals surface area (Å²) in [6, 6.07) is 0.453. The van der Waals surface area contributed by atoms with Crippen molar-refractivity contribution >= 4 is 6.47 Å². The van der Waals surface area contributed by atoms with Gasteiger partial charge in [0, 0.05) is 6.04 Å². The summed E-state index contributed by atoms with van der Waals surface area (Å²) in [5, 5.41) is 0. The SMILES string of the molecule is CN1CCCCC1COC=O. The van der Waals surface area contributed by atoms with E-state index in [0.29, 0.717) is 19.1 Å². The minimum absolute atomic E-state index is 0.453. The van der Waals surface area contributed by atoms with E-state index in [-0.39, 0.29) is 0 Å². The molecule has 0 aromatic rings. The van der Waals surface area contributed by atoms with Crippen LogP contribution in [0.1, 0.15) is 19.3 Å². The molecule has 3 nitrogen and oxygen atoms in total. The van der Waals surface area contributed by atoms with Crippen molar-refractivity contribution in [2.24, 2.45) is 0 Å². The molecule has 0 aromatic carbocycles. The normalized spacial score (nSPS) is 26.5. The Labute approximate surface area is 67.3 Å². The maximum atomic E-state index is 9.91. The molecule has 0 bridgehead atoms. The summed E-state index contributed by atoms with van der Waals surface area (Å²) in [6.45, 7) is 2.22. The van der Waals surface area contributed by atoms with Gasteiger partial charge in [0.15, 0.2) is 0 Å². The van der Waals surface area contributed by atoms with Crippen molar-refractivity contribution in [1.29, 1.82) is 0 Å². The summed E-state index contributed by atoms with van der Waals surface area (Å²) in [4.78, 5) is 12.2. The fraction of sp³-hybridized carbons (Fsp3) is 0.875. The first kappa shape index (κ1) is 8.53. The molecule has 1 rings (SSSR count). The van der Waals surface area contributed by atoms with Gasteiger partial charge in [0.25, 0.3) is 6.47 Å². The minimum Gasteiger partial charge on any atom is -0.466 e. The molecular weight excluding hydrogens is 142 g/mol. The molecule has 11 heavy (non-hydrogen) atoms. The molecule has 0 aromatic heterocycles. The van der Waals surface area contributed by atoms with Gasteiger partial charge in [-0.2, -0.15) is 0 Å². The van der Waals surface area contributed by atoms with Gasteiger partial charge in [0.1, 0.15) is 6.61 Å². The number of carbonyl (C=O) groups is 1. The van der Waals surface area contributed by atoms with Gasteiger partial charge in [0.05, 0.1) is 0 Å². The maximum Gasteiger partial charge on any atom is 0.293 e. The predicted octanol–water partition coefficient (Wildman–Crippen LogP) is 0.644. The van der Waals surface area contributed by atoms with E-state index in [9.17, 15) is 4.79 Å². The van der Waals surface area contributed by atoms with Crippen LogP contribution in [0.4, 0.5) is 0 Å². The monoisotopic (exact) mass is 157 g/mol. The molecule has 0 N–H and O–H groups in total. The van der Waals surface area contributed by atoms with Gasteiger partial charge in [-0.15, -0.1) is 0 Å². The first-order valence-corrected chi connectivity index (χ1v) is 4.10. The highest BCUT2D eigenvalue weighted by molar-refractivity contribution is 5.36. The molecule has 3 heteroatoms. The lowest BCUT2D eigenvalue weighted by Gasteiger charge is -2.31. The van der Waals surface area contributed by atoms with Crippen LogP contribution >= 0.6 is 0 Å². The van der Waals surface area contributed by atoms with Crippen LogP contribution in [0.25, 0.3) is 0 Å². The second-order valence-electron chi connectivity index (χ2n) is 3.06. The van der Waals surface area contributed by atoms with E-state index in [4.69, 9.17) is 4.74 Å². The summed E-state index contributed by atoms with van der Waals surface area (Å²) < 4.78 is 4.72. The summed E-state index contributed by atoms with van der Waals surface area (Å²) in [5.74, 6) is 0. The Kier molecular flexibility index (Phi) is 3.36. The highest BCUT2D eigenvalue weighted by Gasteiger charge is 2.18. The van der Waals surface area contributed by atoms with Gasteiger partial charge >= 0.3 is 0 Å². The van der Waals surface area contributed by atoms with Crippen molar-refractivity contribution in [3.63, 3.8) is 0 Å². The number of hydrogen-bond acceptors (Lipinski definition) is 3. The molecule has 1 atom stereocenters. The molecule has 0 aliphatic carbocycles. The van der Waals surface area contributed by atoms with E-state index in [0.717, 1.165) is 13.0 Å². The Morgan fingerprint density at radius 2 is 2.45 bits per heavy atom. The molecule has 0 radical (unpaired) electrons. The number of nitrogens with zero attached hydrogens (tertiary/aromatic N) is 1. The third kappa shape index (κ3) is 2.50. The predicted molar refractivity (Wildman–Crippen MR) is 42.3 cm³/mol. The van der Waals surface area contributed by atoms with Crippen LogP contribution in [-0.2, 0) is 9.53 Å². The minimum atomic E-state index is 0.453. The Hall–Kier alpha value is -0.570. The number of likely N-dealkylation sites (tertiary alicyclic amines) is 1. The fourth-order valence-electron chi connectivity index (χ4n) is 1.51. The lowest BCUT2D eigenvalue weighted by Crippen LogP contribution is -2.39. The van der Waals surface area contributed by atoms with Crippen molar-refractivity contribution in [2.75, 3.05) is 20.2 Å². The molecule has 64 valence electrons. The second-order valence-corrected chi connectivity index (χ2v) is 3.06. The summed E-state index contributed by atoms with van der Waals surface area (Å²) >= 11 is 0. The standard InChI is InChI=1S/C8H15NO2/c1-9-5-3-2-4-8(9)6-11-7-10/h7-8H,2-6H2,1H3. The smallest absolute Gasteiger partial charge is 0.293 e. The molecule has 1 aliphatic rings. The van der Waals surface area contributed by atoms with Crippen LogP contribution in [0.2, 0.25) is 0 Å². The van der Waals surface area contributed by atoms with E-state index in [2.05, 4.69) is 11.9 Å². The molecule has 1 aliphatic heterocycles. The zero-order chi connectivity index (χ0) is 8.10. The number of carbonyl (C=O) groups excluding carboxylic acids is 1. The Morgan fingerprint density at radius 1 is 1.64 bits per heavy atom. The van der Waals surface area contributed by atoms with Gasteiger partial charge in [0.2, 0.25) is 0 Å². The molecule has 0 saturated carbocycles. The van der Waals surface area contributed by atoms with Crippen molar-refractivity contribution in [3.05, 3.63) is 0 Å². The topological polar surface area (TPSA) is 29.5 Å². The summed E-state index contributed by atoms with van der Waals surface area (Å²) in [6.07, 6.45) is 3.69. The van der Waals surface area contributed by atoms with Crippen molar-refractivity contribution in [1.82, 2.24) is 4.90 Å². The Bertz CT molecular complexity index is 127. The molecular formula is C8H15NO2. The van der Waals surface area contributed by atoms with Crippen LogP contribution in [0, 0.1) is 0 Å². The molecule has 0 spiro atoms. The molecule has 1 fully saturated rings. The van der Waals surface area contributed by atoms with Crippen molar-refractivity contribution < 1.29 is 9.53 Å². The Balaban J connectivity index is 2.23. The number of likely N-dealkylation sites (N-methyl/N-ethyl adjacent to an activating group) is 1. The third-order valence-electron chi connectivity index (χ3n) is 2.28. The highest BCUT2D eigenvalue weighted by atomic mass is 16.5. The first-order chi connectivity index (χ1) is 5.34. The van der Waals surface area contributed by atoms with Gasteiger partial charge in [-0.25, -0.2) is 0 Å². The quantitative estimate of drug-likeness (QED) is 0.563. The molecule has 1 heterocycles. The van der Waals surface area contributed by atoms with Crippen LogP contribution in [0.3, 0.4) is 0 Å². The number of ether oxygens (including phenoxy) is 1. The fourth-order valence-corrected chi connectivity index (χ4v) is 1.51. The zero-order valence-corrected chi connectivity index (χ0v) is 6.95. The van der Waals surface area contributed by atoms with Gasteiger partial charge < -0.3 is 9.64 Å². The second kappa shape index (κ2) is 4.34. The van der Waals surface area contributed by atoms with E-state index in [1.807, 2.05) is 0 Å². The zero-order valence-electron chi connectivity index (χ0n) is 6.95. The molecule has 1 saturated heterocycles. The van der Waals surface area contributed by atoms with Crippen molar-refractivity contribution in [3.8, 4) is 0 Å². The van der Waals surface area contributed by atoms with E-state index < -0.39 is 0 Å². The highest BCUT2D eigenvalue weighted by Crippen LogP contribution is 2.14. The molecule has 1 unspecified atom stereocenters. The average Bonchev–Trinajstić information content (AvgIpc) is 2.03. The van der Waals surface area contributed by atoms with Gasteiger partial charge in [-0.05, 0) is 26.4 Å². The lowest BCUT2D eigenvalue weighted by atomic mass is 10.0. The maximum absolute atomic E-state index is 9.91. The van der Waals surface area contributed by atoms with Crippen LogP contribution in [0.15, 0.2) is 0 Å². The van der Waals surface area contributed by atoms with Crippen LogP contribution in [0.5, 0.6) is 0 Å². The number of piperidine rings is 1. The number of hydrogen-bond donors (Lipinski definition) is 0. The van der Waals surface area contributed by atoms with Crippen LogP contribution < -0.4 is 0 Å². The van der Waals surface area contributed by atoms with E-state index >= 15 is 0 Å². The van der Waals surface area contributed by atoms with Crippen molar-refractivity contribution in [2.45, 2.75) is 25.3 Å².